The monoisotopic (exact) mass is 209 g/mol. The van der Waals surface area contributed by atoms with Gasteiger partial charge >= 0.3 is 0 Å². The van der Waals surface area contributed by atoms with Gasteiger partial charge < -0.3 is 0 Å². The SMILES string of the molecule is [CH2]c1c(F)c(F)c(SC)c(F)c1F. The summed E-state index contributed by atoms with van der Waals surface area (Å²) in [5.74, 6) is -5.67. The number of halogens is 4. The highest BCUT2D eigenvalue weighted by molar-refractivity contribution is 7.98. The molecule has 71 valence electrons. The van der Waals surface area contributed by atoms with Crippen LogP contribution in [0, 0.1) is 30.2 Å². The van der Waals surface area contributed by atoms with E-state index in [1.54, 1.807) is 0 Å². The smallest absolute Gasteiger partial charge is 0.175 e. The van der Waals surface area contributed by atoms with E-state index in [0.29, 0.717) is 11.8 Å². The fourth-order valence-electron chi connectivity index (χ4n) is 0.836. The maximum Gasteiger partial charge on any atom is 0.175 e. The van der Waals surface area contributed by atoms with E-state index in [2.05, 4.69) is 6.92 Å². The summed E-state index contributed by atoms with van der Waals surface area (Å²) < 4.78 is 51.2. The van der Waals surface area contributed by atoms with Gasteiger partial charge in [0.1, 0.15) is 0 Å². The molecule has 0 aromatic heterocycles. The minimum atomic E-state index is -1.44. The topological polar surface area (TPSA) is 0 Å². The molecule has 0 fully saturated rings. The maximum atomic E-state index is 12.9. The van der Waals surface area contributed by atoms with Gasteiger partial charge in [0.05, 0.1) is 4.90 Å². The van der Waals surface area contributed by atoms with Crippen molar-refractivity contribution >= 4 is 11.8 Å². The molecule has 0 aliphatic heterocycles. The van der Waals surface area contributed by atoms with Crippen molar-refractivity contribution in [2.45, 2.75) is 4.90 Å². The zero-order valence-corrected chi connectivity index (χ0v) is 7.44. The summed E-state index contributed by atoms with van der Waals surface area (Å²) >= 11 is 0.601. The van der Waals surface area contributed by atoms with Crippen LogP contribution < -0.4 is 0 Å². The molecule has 1 radical (unpaired) electrons. The molecule has 1 aromatic rings. The van der Waals surface area contributed by atoms with Gasteiger partial charge in [-0.25, -0.2) is 17.6 Å². The highest BCUT2D eigenvalue weighted by atomic mass is 32.2. The van der Waals surface area contributed by atoms with Crippen LogP contribution in [0.3, 0.4) is 0 Å². The van der Waals surface area contributed by atoms with Gasteiger partial charge in [-0.1, -0.05) is 0 Å². The average Bonchev–Trinajstić information content (AvgIpc) is 2.13. The molecule has 0 atom stereocenters. The molecule has 0 saturated carbocycles. The van der Waals surface area contributed by atoms with Crippen molar-refractivity contribution in [1.82, 2.24) is 0 Å². The Labute approximate surface area is 76.9 Å². The largest absolute Gasteiger partial charge is 0.203 e. The molecule has 5 heteroatoms. The van der Waals surface area contributed by atoms with Crippen molar-refractivity contribution in [2.75, 3.05) is 6.26 Å². The number of hydrogen-bond donors (Lipinski definition) is 0. The third-order valence-corrected chi connectivity index (χ3v) is 2.28. The third-order valence-electron chi connectivity index (χ3n) is 1.52. The second kappa shape index (κ2) is 3.57. The first-order chi connectivity index (χ1) is 6.00. The van der Waals surface area contributed by atoms with E-state index in [4.69, 9.17) is 0 Å². The summed E-state index contributed by atoms with van der Waals surface area (Å²) in [6.07, 6.45) is 1.32. The summed E-state index contributed by atoms with van der Waals surface area (Å²) in [6, 6.07) is 0. The highest BCUT2D eigenvalue weighted by Gasteiger charge is 2.22. The van der Waals surface area contributed by atoms with Gasteiger partial charge in [-0.05, 0) is 13.2 Å². The van der Waals surface area contributed by atoms with Gasteiger partial charge in [0.2, 0.25) is 0 Å². The quantitative estimate of drug-likeness (QED) is 0.389. The van der Waals surface area contributed by atoms with Gasteiger partial charge in [-0.15, -0.1) is 11.8 Å². The Morgan fingerprint density at radius 2 is 1.31 bits per heavy atom. The molecule has 0 amide bonds. The molecule has 13 heavy (non-hydrogen) atoms. The molecule has 0 saturated heterocycles. The second-order valence-corrected chi connectivity index (χ2v) is 3.08. The number of thioether (sulfide) groups is 1. The lowest BCUT2D eigenvalue weighted by molar-refractivity contribution is 0.422. The van der Waals surface area contributed by atoms with Crippen LogP contribution in [-0.4, -0.2) is 6.26 Å². The molecular formula is C8H5F4S. The van der Waals surface area contributed by atoms with E-state index in [1.165, 1.54) is 6.26 Å². The lowest BCUT2D eigenvalue weighted by atomic mass is 10.2. The maximum absolute atomic E-state index is 12.9. The highest BCUT2D eigenvalue weighted by Crippen LogP contribution is 2.29. The second-order valence-electron chi connectivity index (χ2n) is 2.27. The van der Waals surface area contributed by atoms with E-state index in [9.17, 15) is 17.6 Å². The Morgan fingerprint density at radius 3 is 1.62 bits per heavy atom. The molecule has 0 spiro atoms. The summed E-state index contributed by atoms with van der Waals surface area (Å²) in [5, 5.41) is 0. The van der Waals surface area contributed by atoms with Crippen molar-refractivity contribution in [2.24, 2.45) is 0 Å². The van der Waals surface area contributed by atoms with E-state index in [0.717, 1.165) is 0 Å². The van der Waals surface area contributed by atoms with Gasteiger partial charge in [-0.3, -0.25) is 0 Å². The predicted octanol–water partition coefficient (Wildman–Crippen LogP) is 3.15. The standard InChI is InChI=1S/C8H5F4S/c1-3-4(9)6(11)8(13-2)7(12)5(3)10/h1H2,2H3. The minimum absolute atomic E-state index is 0.601. The summed E-state index contributed by atoms with van der Waals surface area (Å²) in [6.45, 7) is 2.88. The van der Waals surface area contributed by atoms with Crippen molar-refractivity contribution < 1.29 is 17.6 Å². The fraction of sp³-hybridized carbons (Fsp3) is 0.125. The zero-order chi connectivity index (χ0) is 10.2. The molecule has 0 N–H and O–H groups in total. The first kappa shape index (κ1) is 10.4. The number of benzene rings is 1. The third kappa shape index (κ3) is 1.52. The summed E-state index contributed by atoms with van der Waals surface area (Å²) in [5.41, 5.74) is -0.882. The Hall–Kier alpha value is -0.710. The fourth-order valence-corrected chi connectivity index (χ4v) is 1.37. The van der Waals surface area contributed by atoms with Crippen LogP contribution in [0.25, 0.3) is 0 Å². The lowest BCUT2D eigenvalue weighted by Crippen LogP contribution is -2.01. The van der Waals surface area contributed by atoms with Crippen molar-refractivity contribution in [3.63, 3.8) is 0 Å². The zero-order valence-electron chi connectivity index (χ0n) is 6.63. The minimum Gasteiger partial charge on any atom is -0.203 e. The van der Waals surface area contributed by atoms with Gasteiger partial charge in [-0.2, -0.15) is 0 Å². The molecule has 0 aliphatic rings. The first-order valence-corrected chi connectivity index (χ1v) is 4.45. The molecule has 0 unspecified atom stereocenters. The molecule has 1 rings (SSSR count). The Kier molecular flexibility index (Phi) is 2.85. The summed E-state index contributed by atoms with van der Waals surface area (Å²) in [7, 11) is 0. The van der Waals surface area contributed by atoms with Gasteiger partial charge in [0.25, 0.3) is 0 Å². The molecule has 0 nitrogen and oxygen atoms in total. The number of rotatable bonds is 1. The predicted molar refractivity (Wildman–Crippen MR) is 42.5 cm³/mol. The van der Waals surface area contributed by atoms with E-state index < -0.39 is 33.7 Å². The first-order valence-electron chi connectivity index (χ1n) is 3.22. The molecular weight excluding hydrogens is 204 g/mol. The van der Waals surface area contributed by atoms with Gasteiger partial charge in [0.15, 0.2) is 23.3 Å². The van der Waals surface area contributed by atoms with Crippen LogP contribution in [-0.2, 0) is 0 Å². The van der Waals surface area contributed by atoms with E-state index in [1.807, 2.05) is 0 Å². The number of hydrogen-bond acceptors (Lipinski definition) is 1. The van der Waals surface area contributed by atoms with Gasteiger partial charge in [0, 0.05) is 5.56 Å². The van der Waals surface area contributed by atoms with Crippen LogP contribution in [0.4, 0.5) is 17.6 Å². The lowest BCUT2D eigenvalue weighted by Gasteiger charge is -2.06. The van der Waals surface area contributed by atoms with Crippen LogP contribution in [0.5, 0.6) is 0 Å². The summed E-state index contributed by atoms with van der Waals surface area (Å²) in [4.78, 5) is -0.664. The normalized spacial score (nSPS) is 10.6. The van der Waals surface area contributed by atoms with Crippen molar-refractivity contribution in [3.05, 3.63) is 35.8 Å². The van der Waals surface area contributed by atoms with Crippen LogP contribution >= 0.6 is 11.8 Å². The van der Waals surface area contributed by atoms with Crippen LogP contribution in [0.2, 0.25) is 0 Å². The Bertz CT molecular complexity index is 319. The molecule has 0 heterocycles. The van der Waals surface area contributed by atoms with Crippen LogP contribution in [0.15, 0.2) is 4.90 Å². The average molecular weight is 209 g/mol. The molecule has 1 aromatic carbocycles. The van der Waals surface area contributed by atoms with Crippen molar-refractivity contribution in [3.8, 4) is 0 Å². The molecule has 0 bridgehead atoms. The molecule has 0 aliphatic carbocycles. The van der Waals surface area contributed by atoms with Crippen molar-refractivity contribution in [1.29, 1.82) is 0 Å². The van der Waals surface area contributed by atoms with Crippen LogP contribution in [0.1, 0.15) is 5.56 Å². The Morgan fingerprint density at radius 1 is 0.923 bits per heavy atom. The Balaban J connectivity index is 3.56. The van der Waals surface area contributed by atoms with E-state index in [-0.39, 0.29) is 0 Å². The van der Waals surface area contributed by atoms with E-state index >= 15 is 0 Å².